The van der Waals surface area contributed by atoms with Crippen molar-refractivity contribution in [1.82, 2.24) is 15.5 Å². The molecule has 382 valence electrons. The molecule has 2 atom stereocenters. The molecule has 68 heavy (non-hydrogen) atoms. The summed E-state index contributed by atoms with van der Waals surface area (Å²) in [5, 5.41) is 5.68. The van der Waals surface area contributed by atoms with Crippen molar-refractivity contribution in [3.8, 4) is 0 Å². The van der Waals surface area contributed by atoms with Crippen molar-refractivity contribution in [2.75, 3.05) is 33.2 Å². The van der Waals surface area contributed by atoms with Gasteiger partial charge in [0.25, 0.3) is 5.91 Å². The van der Waals surface area contributed by atoms with Crippen LogP contribution < -0.4 is 16.4 Å². The standard InChI is InChI=1S/C19H23NO.C15H23NO.C10H15N.C5H10.C4H9N.C3H6.2C2H6.CH2O/c1-3-14-20(4-2)19(21)18-13-9-8-12-17(18)15-16-10-6-5-7-11-16;1-4-14(2)9-6-5-7-10-15(3)11-8-12-16-13-17;1-4-7-10(5-2)8-6-9-11-3;1-3-5-4-2;1-3-4(2)5;1-3-2;3*1-2/h5-13H,3-4,14-15H2,1-2H3;4-7,9-10,13,15H,1,8,11-12H2,2-3H3,(H,16,17);4-8,11H,1-2,9H2,3H3;3,5H,4H2,1-2H3;3-4H,1,5H2,2H3;3H,1H2,2H3;2*1-2H3;1H2/b;6-5-,10-7+,14-9+;8-6-,10-7-;5-3+;;;;;. The molecular weight excluding hydrogens is 837 g/mol. The number of likely N-dealkylation sites (N-methyl/N-ethyl adjacent to an activating group) is 1. The monoisotopic (exact) mass is 937 g/mol. The van der Waals surface area contributed by atoms with Gasteiger partial charge in [0.2, 0.25) is 6.41 Å². The lowest BCUT2D eigenvalue weighted by Crippen LogP contribution is -2.32. The molecule has 2 aromatic carbocycles. The highest BCUT2D eigenvalue weighted by molar-refractivity contribution is 5.95. The van der Waals surface area contributed by atoms with Gasteiger partial charge in [-0.15, -0.1) is 13.2 Å². The molecule has 0 spiro atoms. The molecule has 2 rings (SSSR count). The Labute approximate surface area is 420 Å². The number of carbonyl (C=O) groups excluding carboxylic acids is 3. The van der Waals surface area contributed by atoms with Crippen molar-refractivity contribution in [2.24, 2.45) is 11.7 Å². The van der Waals surface area contributed by atoms with Crippen LogP contribution in [0.3, 0.4) is 0 Å². The Hall–Kier alpha value is -5.89. The fraction of sp³-hybridized carbons (Fsp3) is 0.393. The minimum absolute atomic E-state index is 0.144. The number of hydrogen-bond donors (Lipinski definition) is 3. The van der Waals surface area contributed by atoms with Crippen LogP contribution in [0.2, 0.25) is 0 Å². The number of hydrogen-bond acceptors (Lipinski definition) is 5. The van der Waals surface area contributed by atoms with Gasteiger partial charge in [0.1, 0.15) is 6.79 Å². The molecule has 0 heterocycles. The first-order valence-electron chi connectivity index (χ1n) is 24.2. The second kappa shape index (κ2) is 67.7. The first kappa shape index (κ1) is 76.4. The molecular formula is C61H100N4O3. The molecule has 2 amide bonds. The Kier molecular flexibility index (Phi) is 76.0. The van der Waals surface area contributed by atoms with E-state index in [9.17, 15) is 9.59 Å². The third-order valence-corrected chi connectivity index (χ3v) is 8.08. The number of rotatable bonds is 22. The van der Waals surface area contributed by atoms with E-state index in [-0.39, 0.29) is 11.9 Å². The number of carbonyl (C=O) groups is 3. The summed E-state index contributed by atoms with van der Waals surface area (Å²) in [4.78, 5) is 32.6. The van der Waals surface area contributed by atoms with Crippen LogP contribution in [0.1, 0.15) is 130 Å². The van der Waals surface area contributed by atoms with E-state index in [0.717, 1.165) is 87.0 Å². The zero-order valence-corrected chi connectivity index (χ0v) is 45.4. The molecule has 7 heteroatoms. The molecule has 0 fully saturated rings. The van der Waals surface area contributed by atoms with Crippen molar-refractivity contribution < 1.29 is 14.4 Å². The number of allylic oxidation sites excluding steroid dienone is 15. The molecule has 2 aromatic rings. The van der Waals surface area contributed by atoms with E-state index >= 15 is 0 Å². The van der Waals surface area contributed by atoms with Crippen LogP contribution in [0.25, 0.3) is 0 Å². The van der Waals surface area contributed by atoms with E-state index in [1.807, 2.05) is 160 Å². The van der Waals surface area contributed by atoms with Crippen molar-refractivity contribution in [2.45, 2.75) is 121 Å². The first-order chi connectivity index (χ1) is 32.9. The summed E-state index contributed by atoms with van der Waals surface area (Å²) in [7, 11) is 1.91. The van der Waals surface area contributed by atoms with Crippen LogP contribution in [0, 0.1) is 5.92 Å². The fourth-order valence-corrected chi connectivity index (χ4v) is 4.69. The van der Waals surface area contributed by atoms with Crippen LogP contribution in [0.5, 0.6) is 0 Å². The molecule has 4 N–H and O–H groups in total. The summed E-state index contributed by atoms with van der Waals surface area (Å²) in [6.07, 6.45) is 35.1. The van der Waals surface area contributed by atoms with Gasteiger partial charge in [0, 0.05) is 37.8 Å². The zero-order chi connectivity index (χ0) is 53.7. The Morgan fingerprint density at radius 3 is 1.84 bits per heavy atom. The Morgan fingerprint density at radius 2 is 1.40 bits per heavy atom. The quantitative estimate of drug-likeness (QED) is 0.0472. The number of benzene rings is 2. The van der Waals surface area contributed by atoms with Crippen LogP contribution in [-0.4, -0.2) is 63.3 Å². The minimum Gasteiger partial charge on any atom is -0.359 e. The Bertz CT molecular complexity index is 1630. The fourth-order valence-electron chi connectivity index (χ4n) is 4.69. The molecule has 2 unspecified atom stereocenters. The van der Waals surface area contributed by atoms with E-state index in [2.05, 4.69) is 107 Å². The van der Waals surface area contributed by atoms with Gasteiger partial charge in [-0.05, 0) is 102 Å². The summed E-state index contributed by atoms with van der Waals surface area (Å²) in [6.45, 7) is 47.2. The minimum atomic E-state index is 0.144. The van der Waals surface area contributed by atoms with Gasteiger partial charge in [-0.1, -0.05) is 213 Å². The third-order valence-electron chi connectivity index (χ3n) is 8.08. The normalized spacial score (nSPS) is 10.9. The van der Waals surface area contributed by atoms with Gasteiger partial charge in [-0.2, -0.15) is 0 Å². The van der Waals surface area contributed by atoms with Crippen molar-refractivity contribution in [1.29, 1.82) is 0 Å². The average molecular weight is 937 g/mol. The van der Waals surface area contributed by atoms with E-state index in [0.29, 0.717) is 5.92 Å². The Morgan fingerprint density at radius 1 is 0.824 bits per heavy atom. The van der Waals surface area contributed by atoms with Gasteiger partial charge < -0.3 is 26.1 Å². The highest BCUT2D eigenvalue weighted by Gasteiger charge is 2.16. The maximum absolute atomic E-state index is 12.7. The lowest BCUT2D eigenvalue weighted by atomic mass is 9.99. The first-order valence-corrected chi connectivity index (χ1v) is 24.2. The number of nitrogens with two attached hydrogens (primary N) is 1. The summed E-state index contributed by atoms with van der Waals surface area (Å²) in [6, 6.07) is 18.4. The Balaban J connectivity index is -0.000000142. The molecule has 0 bridgehead atoms. The molecule has 0 aliphatic rings. The second-order valence-corrected chi connectivity index (χ2v) is 13.8. The lowest BCUT2D eigenvalue weighted by molar-refractivity contribution is -0.109. The van der Waals surface area contributed by atoms with Gasteiger partial charge in [0.15, 0.2) is 0 Å². The molecule has 0 saturated heterocycles. The molecule has 0 radical (unpaired) electrons. The summed E-state index contributed by atoms with van der Waals surface area (Å²) < 4.78 is 0. The highest BCUT2D eigenvalue weighted by atomic mass is 16.2. The van der Waals surface area contributed by atoms with Gasteiger partial charge in [-0.3, -0.25) is 9.59 Å². The average Bonchev–Trinajstić information content (AvgIpc) is 3.37. The van der Waals surface area contributed by atoms with Gasteiger partial charge in [0.05, 0.1) is 0 Å². The second-order valence-electron chi connectivity index (χ2n) is 13.8. The largest absolute Gasteiger partial charge is 0.359 e. The lowest BCUT2D eigenvalue weighted by Gasteiger charge is -2.21. The van der Waals surface area contributed by atoms with Crippen molar-refractivity contribution in [3.63, 3.8) is 0 Å². The SMILES string of the molecule is C/C=C/CC.C=C/C(C)=C/C=C\C=C\C(C)CCCNC=O.C=C/C=C(C=C)\C=C/CNC.C=CC.C=CC(C)N.C=O.CC.CC.CCCN(CC)C(=O)c1ccccc1Cc1ccccc1. The van der Waals surface area contributed by atoms with Crippen LogP contribution >= 0.6 is 0 Å². The summed E-state index contributed by atoms with van der Waals surface area (Å²) >= 11 is 0. The predicted octanol–water partition coefficient (Wildman–Crippen LogP) is 15.2. The molecule has 0 aromatic heterocycles. The molecule has 7 nitrogen and oxygen atoms in total. The summed E-state index contributed by atoms with van der Waals surface area (Å²) in [5.74, 6) is 0.684. The third kappa shape index (κ3) is 58.1. The van der Waals surface area contributed by atoms with E-state index in [1.54, 1.807) is 24.3 Å². The molecule has 0 saturated carbocycles. The van der Waals surface area contributed by atoms with Crippen LogP contribution in [0.4, 0.5) is 0 Å². The van der Waals surface area contributed by atoms with E-state index in [4.69, 9.17) is 10.5 Å². The van der Waals surface area contributed by atoms with Gasteiger partial charge in [-0.25, -0.2) is 0 Å². The maximum atomic E-state index is 12.7. The topological polar surface area (TPSA) is 105 Å². The van der Waals surface area contributed by atoms with Crippen molar-refractivity contribution >= 4 is 19.1 Å². The van der Waals surface area contributed by atoms with Gasteiger partial charge >= 0.3 is 0 Å². The number of nitrogens with one attached hydrogen (secondary N) is 2. The van der Waals surface area contributed by atoms with E-state index < -0.39 is 0 Å². The highest BCUT2D eigenvalue weighted by Crippen LogP contribution is 2.17. The van der Waals surface area contributed by atoms with Crippen LogP contribution in [0.15, 0.2) is 190 Å². The predicted molar refractivity (Wildman–Crippen MR) is 308 cm³/mol. The summed E-state index contributed by atoms with van der Waals surface area (Å²) in [5.41, 5.74) is 10.6. The molecule has 0 aliphatic carbocycles. The number of nitrogens with zero attached hydrogens (tertiary/aromatic N) is 1. The van der Waals surface area contributed by atoms with Crippen LogP contribution in [-0.2, 0) is 16.0 Å². The van der Waals surface area contributed by atoms with E-state index in [1.165, 1.54) is 5.56 Å². The maximum Gasteiger partial charge on any atom is 0.254 e. The number of amides is 2. The zero-order valence-electron chi connectivity index (χ0n) is 45.4. The van der Waals surface area contributed by atoms with Crippen molar-refractivity contribution in [3.05, 3.63) is 206 Å². The smallest absolute Gasteiger partial charge is 0.254 e. The molecule has 0 aliphatic heterocycles.